The van der Waals surface area contributed by atoms with Crippen molar-refractivity contribution in [2.45, 2.75) is 6.61 Å². The molecule has 2 aromatic carbocycles. The molecule has 0 bridgehead atoms. The van der Waals surface area contributed by atoms with Gasteiger partial charge in [0.05, 0.1) is 0 Å². The number of carboxylic acids is 1. The number of aromatic carboxylic acids is 1. The molecule has 0 saturated heterocycles. The van der Waals surface area contributed by atoms with Crippen LogP contribution >= 0.6 is 0 Å². The van der Waals surface area contributed by atoms with Crippen molar-refractivity contribution < 1.29 is 23.6 Å². The first-order valence-corrected chi connectivity index (χ1v) is 6.67. The van der Waals surface area contributed by atoms with E-state index in [2.05, 4.69) is 10.1 Å². The van der Waals surface area contributed by atoms with Crippen LogP contribution in [0.3, 0.4) is 0 Å². The first-order chi connectivity index (χ1) is 11.1. The van der Waals surface area contributed by atoms with Crippen LogP contribution in [-0.2, 0) is 6.61 Å². The van der Waals surface area contributed by atoms with Crippen LogP contribution < -0.4 is 4.74 Å². The summed E-state index contributed by atoms with van der Waals surface area (Å²) in [6, 6.07) is 11.9. The molecule has 1 N–H and O–H groups in total. The van der Waals surface area contributed by atoms with Crippen LogP contribution in [0.25, 0.3) is 11.4 Å². The molecule has 0 atom stereocenters. The highest BCUT2D eigenvalue weighted by Crippen LogP contribution is 2.20. The van der Waals surface area contributed by atoms with Crippen LogP contribution in [0.15, 0.2) is 53.1 Å². The van der Waals surface area contributed by atoms with Crippen LogP contribution in [0.4, 0.5) is 4.39 Å². The molecule has 0 radical (unpaired) electrons. The summed E-state index contributed by atoms with van der Waals surface area (Å²) in [7, 11) is 0. The number of hydrogen-bond acceptors (Lipinski definition) is 5. The minimum Gasteiger partial charge on any atom is -0.483 e. The minimum atomic E-state index is -1.09. The molecule has 0 aliphatic carbocycles. The number of ether oxygens (including phenoxy) is 1. The Labute approximate surface area is 130 Å². The van der Waals surface area contributed by atoms with E-state index in [9.17, 15) is 9.18 Å². The number of halogens is 1. The maximum Gasteiger partial charge on any atom is 0.339 e. The summed E-state index contributed by atoms with van der Waals surface area (Å²) in [4.78, 5) is 15.2. The summed E-state index contributed by atoms with van der Waals surface area (Å²) in [5.41, 5.74) is 0.651. The van der Waals surface area contributed by atoms with E-state index in [1.54, 1.807) is 18.2 Å². The van der Waals surface area contributed by atoms with E-state index in [0.717, 1.165) is 0 Å². The van der Waals surface area contributed by atoms with Crippen molar-refractivity contribution in [3.8, 4) is 17.1 Å². The van der Waals surface area contributed by atoms with Gasteiger partial charge in [-0.2, -0.15) is 4.98 Å². The van der Waals surface area contributed by atoms with Gasteiger partial charge < -0.3 is 14.4 Å². The highest BCUT2D eigenvalue weighted by molar-refractivity contribution is 5.90. The molecule has 116 valence electrons. The van der Waals surface area contributed by atoms with Gasteiger partial charge in [0.2, 0.25) is 5.82 Å². The number of para-hydroxylation sites is 1. The zero-order valence-corrected chi connectivity index (χ0v) is 11.8. The first-order valence-electron chi connectivity index (χ1n) is 6.67. The molecule has 1 heterocycles. The van der Waals surface area contributed by atoms with E-state index in [1.165, 1.54) is 30.3 Å². The average Bonchev–Trinajstić information content (AvgIpc) is 3.03. The van der Waals surface area contributed by atoms with Crippen molar-refractivity contribution in [2.75, 3.05) is 0 Å². The molecule has 0 spiro atoms. The Morgan fingerprint density at radius 2 is 1.91 bits per heavy atom. The molecule has 0 aliphatic heterocycles. The van der Waals surface area contributed by atoms with Crippen LogP contribution in [0.1, 0.15) is 16.2 Å². The monoisotopic (exact) mass is 314 g/mol. The van der Waals surface area contributed by atoms with Gasteiger partial charge in [-0.05, 0) is 36.4 Å². The highest BCUT2D eigenvalue weighted by atomic mass is 19.1. The number of hydrogen-bond donors (Lipinski definition) is 1. The molecule has 6 nitrogen and oxygen atoms in total. The quantitative estimate of drug-likeness (QED) is 0.778. The fourth-order valence-corrected chi connectivity index (χ4v) is 1.94. The predicted octanol–water partition coefficient (Wildman–Crippen LogP) is 3.15. The Balaban J connectivity index is 1.73. The van der Waals surface area contributed by atoms with Gasteiger partial charge in [0.15, 0.2) is 6.61 Å². The third-order valence-electron chi connectivity index (χ3n) is 3.04. The zero-order valence-electron chi connectivity index (χ0n) is 11.8. The number of benzene rings is 2. The Morgan fingerprint density at radius 1 is 1.17 bits per heavy atom. The lowest BCUT2D eigenvalue weighted by Gasteiger charge is -2.05. The van der Waals surface area contributed by atoms with Crippen molar-refractivity contribution in [1.82, 2.24) is 10.1 Å². The molecular formula is C16H11FN2O4. The fraction of sp³-hybridized carbons (Fsp3) is 0.0625. The van der Waals surface area contributed by atoms with Crippen LogP contribution in [-0.4, -0.2) is 21.2 Å². The molecule has 0 aliphatic rings. The maximum atomic E-state index is 12.9. The van der Waals surface area contributed by atoms with E-state index < -0.39 is 5.97 Å². The topological polar surface area (TPSA) is 85.5 Å². The number of aromatic nitrogens is 2. The number of nitrogens with zero attached hydrogens (tertiary/aromatic N) is 2. The van der Waals surface area contributed by atoms with Gasteiger partial charge in [0, 0.05) is 5.56 Å². The third kappa shape index (κ3) is 3.34. The zero-order chi connectivity index (χ0) is 16.2. The van der Waals surface area contributed by atoms with Crippen molar-refractivity contribution in [2.24, 2.45) is 0 Å². The van der Waals surface area contributed by atoms with Gasteiger partial charge in [-0.15, -0.1) is 0 Å². The first kappa shape index (κ1) is 14.7. The van der Waals surface area contributed by atoms with Gasteiger partial charge in [-0.1, -0.05) is 17.3 Å². The van der Waals surface area contributed by atoms with Gasteiger partial charge in [-0.3, -0.25) is 0 Å². The molecule has 0 saturated carbocycles. The molecule has 7 heteroatoms. The Bertz CT molecular complexity index is 830. The minimum absolute atomic E-state index is 0.0470. The molecule has 23 heavy (non-hydrogen) atoms. The molecule has 0 fully saturated rings. The molecule has 0 amide bonds. The molecular weight excluding hydrogens is 303 g/mol. The van der Waals surface area contributed by atoms with Crippen molar-refractivity contribution in [3.05, 3.63) is 65.8 Å². The van der Waals surface area contributed by atoms with E-state index in [0.29, 0.717) is 11.4 Å². The number of carboxylic acid groups (broad SMARTS) is 1. The molecule has 0 unspecified atom stereocenters. The fourth-order valence-electron chi connectivity index (χ4n) is 1.94. The van der Waals surface area contributed by atoms with E-state index >= 15 is 0 Å². The van der Waals surface area contributed by atoms with Crippen molar-refractivity contribution >= 4 is 5.97 Å². The smallest absolute Gasteiger partial charge is 0.339 e. The van der Waals surface area contributed by atoms with E-state index in [1.807, 2.05) is 0 Å². The van der Waals surface area contributed by atoms with E-state index in [4.69, 9.17) is 14.4 Å². The summed E-state index contributed by atoms with van der Waals surface area (Å²) in [5.74, 6) is -0.745. The summed E-state index contributed by atoms with van der Waals surface area (Å²) in [6.07, 6.45) is 0. The van der Waals surface area contributed by atoms with Gasteiger partial charge in [-0.25, -0.2) is 9.18 Å². The van der Waals surface area contributed by atoms with E-state index in [-0.39, 0.29) is 29.6 Å². The van der Waals surface area contributed by atoms with Crippen molar-refractivity contribution in [3.63, 3.8) is 0 Å². The summed E-state index contributed by atoms with van der Waals surface area (Å²) in [6.45, 7) is -0.0709. The molecule has 3 rings (SSSR count). The normalized spacial score (nSPS) is 10.5. The summed E-state index contributed by atoms with van der Waals surface area (Å²) < 4.78 is 23.3. The number of rotatable bonds is 5. The summed E-state index contributed by atoms with van der Waals surface area (Å²) >= 11 is 0. The lowest BCUT2D eigenvalue weighted by Crippen LogP contribution is -2.03. The number of carbonyl (C=O) groups is 1. The largest absolute Gasteiger partial charge is 0.483 e. The SMILES string of the molecule is O=C(O)c1ccccc1OCc1nc(-c2ccc(F)cc2)no1. The Kier molecular flexibility index (Phi) is 4.01. The predicted molar refractivity (Wildman–Crippen MR) is 77.4 cm³/mol. The average molecular weight is 314 g/mol. The standard InChI is InChI=1S/C16H11FN2O4/c17-11-7-5-10(6-8-11)15-18-14(23-19-15)9-22-13-4-2-1-3-12(13)16(20)21/h1-8H,9H2,(H,20,21). The lowest BCUT2D eigenvalue weighted by molar-refractivity contribution is 0.0691. The second kappa shape index (κ2) is 6.27. The van der Waals surface area contributed by atoms with Gasteiger partial charge >= 0.3 is 5.97 Å². The van der Waals surface area contributed by atoms with Crippen LogP contribution in [0, 0.1) is 5.82 Å². The third-order valence-corrected chi connectivity index (χ3v) is 3.04. The van der Waals surface area contributed by atoms with Crippen molar-refractivity contribution in [1.29, 1.82) is 0 Å². The van der Waals surface area contributed by atoms with Gasteiger partial charge in [0.1, 0.15) is 17.1 Å². The second-order valence-electron chi connectivity index (χ2n) is 4.61. The Morgan fingerprint density at radius 3 is 2.65 bits per heavy atom. The Hall–Kier alpha value is -3.22. The molecule has 3 aromatic rings. The highest BCUT2D eigenvalue weighted by Gasteiger charge is 2.13. The molecule has 1 aromatic heterocycles. The summed E-state index contributed by atoms with van der Waals surface area (Å²) in [5, 5.41) is 12.9. The second-order valence-corrected chi connectivity index (χ2v) is 4.61. The van der Waals surface area contributed by atoms with Crippen LogP contribution in [0.2, 0.25) is 0 Å². The maximum absolute atomic E-state index is 12.9. The van der Waals surface area contributed by atoms with Gasteiger partial charge in [0.25, 0.3) is 5.89 Å². The lowest BCUT2D eigenvalue weighted by atomic mass is 10.2. The van der Waals surface area contributed by atoms with Crippen LogP contribution in [0.5, 0.6) is 5.75 Å².